The maximum atomic E-state index is 13.4. The van der Waals surface area contributed by atoms with E-state index in [-0.39, 0.29) is 55.3 Å². The molecule has 0 atom stereocenters. The van der Waals surface area contributed by atoms with E-state index < -0.39 is 23.9 Å². The zero-order chi connectivity index (χ0) is 52.2. The molecule has 0 unspecified atom stereocenters. The Balaban J connectivity index is 2.88. The van der Waals surface area contributed by atoms with Gasteiger partial charge in [0.15, 0.2) is 11.5 Å². The summed E-state index contributed by atoms with van der Waals surface area (Å²) in [6.07, 6.45) is 61.9. The number of carbonyl (C=O) groups is 4. The highest BCUT2D eigenvalue weighted by Crippen LogP contribution is 2.40. The molecule has 1 rings (SSSR count). The van der Waals surface area contributed by atoms with E-state index in [4.69, 9.17) is 18.9 Å². The van der Waals surface area contributed by atoms with E-state index in [0.29, 0.717) is 19.3 Å². The van der Waals surface area contributed by atoms with Crippen molar-refractivity contribution in [2.24, 2.45) is 0 Å². The molecule has 0 saturated heterocycles. The molecule has 1 aromatic rings. The maximum Gasteiger partial charge on any atom is 0.338 e. The van der Waals surface area contributed by atoms with E-state index in [1.807, 2.05) is 0 Å². The molecule has 1 aromatic carbocycles. The van der Waals surface area contributed by atoms with Crippen molar-refractivity contribution in [3.8, 4) is 17.2 Å². The topological polar surface area (TPSA) is 125 Å². The van der Waals surface area contributed by atoms with Gasteiger partial charge in [-0.15, -0.1) is 0 Å². The SMILES string of the molecule is CCCCC/C=C\C/C=C\CCCCCCCC(=O)Oc1cc(C(=O)OCCO)cc(OC(=O)CCCCCCC/C=C\C/C=C\CCCCC)c1OC(=O)CCCCCCC/C=C\C/C=C\CCCCC. The van der Waals surface area contributed by atoms with Gasteiger partial charge in [-0.2, -0.15) is 0 Å². The number of aliphatic hydroxyl groups excluding tert-OH is 1. The first-order valence-electron chi connectivity index (χ1n) is 28.8. The van der Waals surface area contributed by atoms with Crippen molar-refractivity contribution < 1.29 is 43.2 Å². The van der Waals surface area contributed by atoms with E-state index in [2.05, 4.69) is 93.7 Å². The van der Waals surface area contributed by atoms with Gasteiger partial charge in [0, 0.05) is 19.3 Å². The number of esters is 4. The molecule has 9 nitrogen and oxygen atoms in total. The van der Waals surface area contributed by atoms with Crippen LogP contribution in [0.5, 0.6) is 17.2 Å². The third kappa shape index (κ3) is 40.0. The van der Waals surface area contributed by atoms with Crippen LogP contribution in [0.25, 0.3) is 0 Å². The largest absolute Gasteiger partial charge is 0.460 e. The molecule has 9 heteroatoms. The van der Waals surface area contributed by atoms with Crippen molar-refractivity contribution in [2.75, 3.05) is 13.2 Å². The van der Waals surface area contributed by atoms with Crippen LogP contribution in [0.1, 0.15) is 262 Å². The van der Waals surface area contributed by atoms with Gasteiger partial charge < -0.3 is 24.1 Å². The second-order valence-corrected chi connectivity index (χ2v) is 19.0. The Hall–Kier alpha value is -4.50. The maximum absolute atomic E-state index is 13.4. The number of hydrogen-bond acceptors (Lipinski definition) is 9. The minimum Gasteiger partial charge on any atom is -0.460 e. The molecule has 0 aliphatic rings. The molecule has 0 spiro atoms. The van der Waals surface area contributed by atoms with Gasteiger partial charge in [0.25, 0.3) is 0 Å². The lowest BCUT2D eigenvalue weighted by molar-refractivity contribution is -0.138. The molecule has 0 bridgehead atoms. The Bertz CT molecular complexity index is 1620. The van der Waals surface area contributed by atoms with Crippen molar-refractivity contribution in [2.45, 2.75) is 252 Å². The average molecular weight is 1000 g/mol. The number of rotatable bonds is 48. The Morgan fingerprint density at radius 1 is 0.389 bits per heavy atom. The van der Waals surface area contributed by atoms with Crippen LogP contribution in [0.4, 0.5) is 0 Å². The van der Waals surface area contributed by atoms with E-state index in [1.54, 1.807) is 0 Å². The fourth-order valence-corrected chi connectivity index (χ4v) is 7.92. The number of allylic oxidation sites excluding steroid dienone is 12. The standard InChI is InChI=1S/C63H100O9/c1-4-7-10-13-16-19-22-25-28-31-34-37-40-43-46-49-59(65)70-57-54-56(63(68)69-53-52-64)55-58(71-60(66)50-47-44-41-38-35-32-29-26-23-20-17-14-11-8-5-2)62(57)72-61(67)51-48-45-42-39-36-33-30-27-24-21-18-15-12-9-6-3/h16-21,25-30,54-55,64H,4-15,22-24,31-53H2,1-3H3/b19-16-,20-17-,21-18-,28-25-,29-26-,30-27-. The van der Waals surface area contributed by atoms with Crippen LogP contribution < -0.4 is 14.2 Å². The summed E-state index contributed by atoms with van der Waals surface area (Å²) in [5.41, 5.74) is -0.0725. The molecule has 0 saturated carbocycles. The van der Waals surface area contributed by atoms with Crippen molar-refractivity contribution in [3.05, 3.63) is 90.6 Å². The molecule has 72 heavy (non-hydrogen) atoms. The lowest BCUT2D eigenvalue weighted by Gasteiger charge is -2.16. The minimum atomic E-state index is -0.816. The molecule has 1 N–H and O–H groups in total. The van der Waals surface area contributed by atoms with Gasteiger partial charge in [-0.3, -0.25) is 14.4 Å². The van der Waals surface area contributed by atoms with Gasteiger partial charge >= 0.3 is 23.9 Å². The molecule has 0 aliphatic heterocycles. The minimum absolute atomic E-state index is 0.0725. The molecule has 0 fully saturated rings. The third-order valence-electron chi connectivity index (χ3n) is 12.2. The Labute approximate surface area is 438 Å². The second-order valence-electron chi connectivity index (χ2n) is 19.0. The monoisotopic (exact) mass is 1000 g/mol. The first-order chi connectivity index (χ1) is 35.4. The summed E-state index contributed by atoms with van der Waals surface area (Å²) in [6, 6.07) is 2.54. The van der Waals surface area contributed by atoms with Crippen LogP contribution in [0.3, 0.4) is 0 Å². The lowest BCUT2D eigenvalue weighted by atomic mass is 10.1. The fourth-order valence-electron chi connectivity index (χ4n) is 7.92. The van der Waals surface area contributed by atoms with Crippen LogP contribution in [-0.4, -0.2) is 42.2 Å². The summed E-state index contributed by atoms with van der Waals surface area (Å²) in [5.74, 6) is -3.12. The number of unbranched alkanes of at least 4 members (excludes halogenated alkanes) is 24. The molecule has 0 aromatic heterocycles. The first kappa shape index (κ1) is 65.5. The normalized spacial score (nSPS) is 11.9. The average Bonchev–Trinajstić information content (AvgIpc) is 3.37. The van der Waals surface area contributed by atoms with Gasteiger partial charge in [0.1, 0.15) is 6.61 Å². The van der Waals surface area contributed by atoms with E-state index in [1.165, 1.54) is 69.9 Å². The zero-order valence-corrected chi connectivity index (χ0v) is 45.7. The number of ether oxygens (including phenoxy) is 4. The Morgan fingerprint density at radius 2 is 0.681 bits per heavy atom. The van der Waals surface area contributed by atoms with Gasteiger partial charge in [-0.05, 0) is 128 Å². The van der Waals surface area contributed by atoms with E-state index >= 15 is 0 Å². The van der Waals surface area contributed by atoms with Crippen LogP contribution in [0.15, 0.2) is 85.0 Å². The number of benzene rings is 1. The van der Waals surface area contributed by atoms with Crippen molar-refractivity contribution in [1.29, 1.82) is 0 Å². The lowest BCUT2D eigenvalue weighted by Crippen LogP contribution is -2.16. The molecule has 0 amide bonds. The fraction of sp³-hybridized carbons (Fsp3) is 0.651. The summed E-state index contributed by atoms with van der Waals surface area (Å²) in [7, 11) is 0. The highest BCUT2D eigenvalue weighted by atomic mass is 16.6. The summed E-state index contributed by atoms with van der Waals surface area (Å²) >= 11 is 0. The van der Waals surface area contributed by atoms with Crippen molar-refractivity contribution in [3.63, 3.8) is 0 Å². The third-order valence-corrected chi connectivity index (χ3v) is 12.2. The Kier molecular flexibility index (Phi) is 45.5. The number of hydrogen-bond donors (Lipinski definition) is 1. The molecule has 0 heterocycles. The van der Waals surface area contributed by atoms with Gasteiger partial charge in [-0.1, -0.05) is 190 Å². The highest BCUT2D eigenvalue weighted by molar-refractivity contribution is 5.92. The van der Waals surface area contributed by atoms with Gasteiger partial charge in [0.2, 0.25) is 5.75 Å². The predicted octanol–water partition coefficient (Wildman–Crippen LogP) is 18.0. The zero-order valence-electron chi connectivity index (χ0n) is 45.7. The van der Waals surface area contributed by atoms with Crippen LogP contribution in [0.2, 0.25) is 0 Å². The molecular formula is C63H100O9. The van der Waals surface area contributed by atoms with Crippen LogP contribution in [0, 0.1) is 0 Å². The van der Waals surface area contributed by atoms with E-state index in [0.717, 1.165) is 135 Å². The predicted molar refractivity (Wildman–Crippen MR) is 299 cm³/mol. The number of aliphatic hydroxyl groups is 1. The van der Waals surface area contributed by atoms with Gasteiger partial charge in [-0.25, -0.2) is 4.79 Å². The molecular weight excluding hydrogens is 901 g/mol. The summed E-state index contributed by atoms with van der Waals surface area (Å²) in [5, 5.41) is 9.33. The summed E-state index contributed by atoms with van der Waals surface area (Å²) in [6.45, 7) is 6.02. The van der Waals surface area contributed by atoms with Crippen molar-refractivity contribution >= 4 is 23.9 Å². The van der Waals surface area contributed by atoms with Crippen LogP contribution >= 0.6 is 0 Å². The van der Waals surface area contributed by atoms with Crippen molar-refractivity contribution in [1.82, 2.24) is 0 Å². The first-order valence-corrected chi connectivity index (χ1v) is 28.8. The van der Waals surface area contributed by atoms with Gasteiger partial charge in [0.05, 0.1) is 12.2 Å². The smallest absolute Gasteiger partial charge is 0.338 e. The summed E-state index contributed by atoms with van der Waals surface area (Å²) in [4.78, 5) is 53.1. The molecule has 0 radical (unpaired) electrons. The molecule has 406 valence electrons. The molecule has 0 aliphatic carbocycles. The number of carbonyl (C=O) groups excluding carboxylic acids is 4. The second kappa shape index (κ2) is 50.1. The van der Waals surface area contributed by atoms with Crippen LogP contribution in [-0.2, 0) is 19.1 Å². The summed E-state index contributed by atoms with van der Waals surface area (Å²) < 4.78 is 22.7. The van der Waals surface area contributed by atoms with E-state index in [9.17, 15) is 24.3 Å². The quantitative estimate of drug-likeness (QED) is 0.0294. The Morgan fingerprint density at radius 3 is 1.00 bits per heavy atom. The highest BCUT2D eigenvalue weighted by Gasteiger charge is 2.25.